The number of esters is 2. The number of allylic oxidation sites excluding steroid dienone is 16. The number of phosphoric acid groups is 1. The van der Waals surface area contributed by atoms with Gasteiger partial charge in [0.15, 0.2) is 6.10 Å². The van der Waals surface area contributed by atoms with E-state index in [-0.39, 0.29) is 38.7 Å². The number of phosphoric ester groups is 1. The number of aliphatic hydroxyl groups is 1. The second kappa shape index (κ2) is 38.2. The SMILES string of the molecule is CC/C=C\C/C=C\C/C=C\C/C=C\CCCCC(=O)OC[C@H](COP(=O)(O)OCCN)OC(=O)CCC/C=C\C/C=C\C/C=C\C/C=C\CC[C@H](O)CC. The fourth-order valence-corrected chi connectivity index (χ4v) is 5.30. The molecule has 3 atom stereocenters. The zero-order valence-electron chi connectivity index (χ0n) is 33.0. The van der Waals surface area contributed by atoms with Gasteiger partial charge in [0, 0.05) is 19.4 Å². The average molecular weight is 776 g/mol. The second-order valence-corrected chi connectivity index (χ2v) is 14.0. The highest BCUT2D eigenvalue weighted by molar-refractivity contribution is 7.47. The fourth-order valence-electron chi connectivity index (χ4n) is 4.54. The van der Waals surface area contributed by atoms with Crippen molar-refractivity contribution in [2.75, 3.05) is 26.4 Å². The van der Waals surface area contributed by atoms with Crippen LogP contribution in [-0.4, -0.2) is 60.5 Å². The molecule has 0 aliphatic rings. The molecule has 0 fully saturated rings. The molecule has 0 saturated carbocycles. The number of rotatable bonds is 35. The van der Waals surface area contributed by atoms with Crippen LogP contribution in [0.1, 0.15) is 123 Å². The molecule has 306 valence electrons. The van der Waals surface area contributed by atoms with Crippen molar-refractivity contribution in [3.05, 3.63) is 97.2 Å². The minimum absolute atomic E-state index is 0.0275. The number of ether oxygens (including phenoxy) is 2. The number of unbranched alkanes of at least 4 members (excludes halogenated alkanes) is 3. The van der Waals surface area contributed by atoms with Crippen LogP contribution < -0.4 is 5.73 Å². The van der Waals surface area contributed by atoms with Gasteiger partial charge in [0.05, 0.1) is 19.3 Å². The normalized spacial score (nSPS) is 15.0. The quantitative estimate of drug-likeness (QED) is 0.0245. The largest absolute Gasteiger partial charge is 0.472 e. The first-order valence-electron chi connectivity index (χ1n) is 19.8. The maximum atomic E-state index is 12.5. The van der Waals surface area contributed by atoms with Gasteiger partial charge in [-0.1, -0.05) is 111 Å². The standard InChI is InChI=1S/C43H70NO9P/c1-3-5-6-7-8-9-10-11-12-16-19-22-25-28-31-34-42(46)50-38-41(39-52-54(48,49)51-37-36-44)53-43(47)35-32-29-26-23-20-17-14-13-15-18-21-24-27-30-33-40(45)4-2/h5-6,8-9,11-12,14-15,17-19,22-24,26-27,40-41,45H,3-4,7,10,13,16,20-21,25,28-39,44H2,1-2H3,(H,48,49)/b6-5-,9-8-,12-11-,17-14-,18-15-,22-19-,26-23-,27-24-/t40-,41-/m1/s1. The number of carbonyl (C=O) groups excluding carboxylic acids is 2. The van der Waals surface area contributed by atoms with Gasteiger partial charge in [-0.05, 0) is 96.3 Å². The Hall–Kier alpha value is -3.11. The molecule has 0 aromatic heterocycles. The van der Waals surface area contributed by atoms with Crippen molar-refractivity contribution in [3.8, 4) is 0 Å². The maximum absolute atomic E-state index is 12.5. The second-order valence-electron chi connectivity index (χ2n) is 12.6. The number of aliphatic hydroxyl groups excluding tert-OH is 1. The van der Waals surface area contributed by atoms with E-state index in [0.29, 0.717) is 19.3 Å². The van der Waals surface area contributed by atoms with E-state index < -0.39 is 32.5 Å². The Bertz CT molecular complexity index is 1220. The Morgan fingerprint density at radius 2 is 1.11 bits per heavy atom. The molecule has 0 bridgehead atoms. The minimum atomic E-state index is -4.41. The summed E-state index contributed by atoms with van der Waals surface area (Å²) in [4.78, 5) is 34.7. The first-order valence-corrected chi connectivity index (χ1v) is 21.3. The van der Waals surface area contributed by atoms with Crippen LogP contribution in [0, 0.1) is 0 Å². The molecule has 0 radical (unpaired) electrons. The smallest absolute Gasteiger partial charge is 0.462 e. The first kappa shape index (κ1) is 50.9. The third-order valence-corrected chi connectivity index (χ3v) is 8.60. The van der Waals surface area contributed by atoms with E-state index in [1.54, 1.807) is 0 Å². The maximum Gasteiger partial charge on any atom is 0.472 e. The van der Waals surface area contributed by atoms with Crippen molar-refractivity contribution in [2.45, 2.75) is 135 Å². The van der Waals surface area contributed by atoms with Gasteiger partial charge in [0.1, 0.15) is 6.61 Å². The van der Waals surface area contributed by atoms with Crippen LogP contribution in [0.5, 0.6) is 0 Å². The molecule has 0 aliphatic carbocycles. The number of hydrogen-bond donors (Lipinski definition) is 3. The van der Waals surface area contributed by atoms with Crippen molar-refractivity contribution >= 4 is 19.8 Å². The Kier molecular flexibility index (Phi) is 36.0. The van der Waals surface area contributed by atoms with Crippen molar-refractivity contribution in [1.82, 2.24) is 0 Å². The van der Waals surface area contributed by atoms with E-state index in [9.17, 15) is 24.2 Å². The highest BCUT2D eigenvalue weighted by Gasteiger charge is 2.25. The van der Waals surface area contributed by atoms with E-state index in [4.69, 9.17) is 24.3 Å². The molecular formula is C43H70NO9P. The summed E-state index contributed by atoms with van der Waals surface area (Å²) < 4.78 is 32.6. The Balaban J connectivity index is 4.41. The number of nitrogens with two attached hydrogens (primary N) is 1. The Labute approximate surface area is 326 Å². The first-order chi connectivity index (χ1) is 26.2. The van der Waals surface area contributed by atoms with Gasteiger partial charge in [0.25, 0.3) is 0 Å². The molecule has 11 heteroatoms. The summed E-state index contributed by atoms with van der Waals surface area (Å²) in [6.45, 7) is 3.17. The van der Waals surface area contributed by atoms with Crippen molar-refractivity contribution in [1.29, 1.82) is 0 Å². The molecule has 0 aromatic carbocycles. The lowest BCUT2D eigenvalue weighted by molar-refractivity contribution is -0.161. The Morgan fingerprint density at radius 1 is 0.630 bits per heavy atom. The lowest BCUT2D eigenvalue weighted by Crippen LogP contribution is -2.29. The van der Waals surface area contributed by atoms with Gasteiger partial charge in [-0.15, -0.1) is 0 Å². The predicted molar refractivity (Wildman–Crippen MR) is 221 cm³/mol. The lowest BCUT2D eigenvalue weighted by atomic mass is 10.1. The van der Waals surface area contributed by atoms with Gasteiger partial charge in [-0.3, -0.25) is 18.6 Å². The highest BCUT2D eigenvalue weighted by Crippen LogP contribution is 2.43. The van der Waals surface area contributed by atoms with Crippen molar-refractivity contribution < 1.29 is 42.7 Å². The minimum Gasteiger partial charge on any atom is -0.462 e. The summed E-state index contributed by atoms with van der Waals surface area (Å²) in [5.74, 6) is -0.975. The van der Waals surface area contributed by atoms with Gasteiger partial charge >= 0.3 is 19.8 Å². The lowest BCUT2D eigenvalue weighted by Gasteiger charge is -2.19. The average Bonchev–Trinajstić information content (AvgIpc) is 3.16. The van der Waals surface area contributed by atoms with E-state index in [2.05, 4.69) is 92.0 Å². The molecule has 0 spiro atoms. The van der Waals surface area contributed by atoms with Crippen molar-refractivity contribution in [3.63, 3.8) is 0 Å². The predicted octanol–water partition coefficient (Wildman–Crippen LogP) is 10.0. The molecule has 0 rings (SSSR count). The van der Waals surface area contributed by atoms with Crippen LogP contribution in [0.15, 0.2) is 97.2 Å². The summed E-state index contributed by atoms with van der Waals surface area (Å²) >= 11 is 0. The molecule has 0 amide bonds. The van der Waals surface area contributed by atoms with E-state index in [0.717, 1.165) is 77.0 Å². The summed E-state index contributed by atoms with van der Waals surface area (Å²) in [6, 6.07) is 0. The summed E-state index contributed by atoms with van der Waals surface area (Å²) in [7, 11) is -4.41. The van der Waals surface area contributed by atoms with E-state index in [1.165, 1.54) is 0 Å². The zero-order valence-corrected chi connectivity index (χ0v) is 33.9. The van der Waals surface area contributed by atoms with Gasteiger partial charge in [0.2, 0.25) is 0 Å². The molecule has 0 heterocycles. The molecule has 1 unspecified atom stereocenters. The summed E-state index contributed by atoms with van der Waals surface area (Å²) in [6.07, 6.45) is 45.4. The highest BCUT2D eigenvalue weighted by atomic mass is 31.2. The van der Waals surface area contributed by atoms with Crippen molar-refractivity contribution in [2.24, 2.45) is 5.73 Å². The summed E-state index contributed by atoms with van der Waals surface area (Å²) in [5.41, 5.74) is 5.33. The molecule has 4 N–H and O–H groups in total. The monoisotopic (exact) mass is 775 g/mol. The molecule has 0 saturated heterocycles. The zero-order chi connectivity index (χ0) is 39.8. The van der Waals surface area contributed by atoms with Crippen LogP contribution >= 0.6 is 7.82 Å². The summed E-state index contributed by atoms with van der Waals surface area (Å²) in [5, 5.41) is 9.55. The molecule has 10 nitrogen and oxygen atoms in total. The molecular weight excluding hydrogens is 705 g/mol. The van der Waals surface area contributed by atoms with Crippen LogP contribution in [0.2, 0.25) is 0 Å². The van der Waals surface area contributed by atoms with Crippen LogP contribution in [0.25, 0.3) is 0 Å². The molecule has 0 aliphatic heterocycles. The Morgan fingerprint density at radius 3 is 1.63 bits per heavy atom. The topological polar surface area (TPSA) is 155 Å². The number of carbonyl (C=O) groups is 2. The number of hydrogen-bond acceptors (Lipinski definition) is 9. The van der Waals surface area contributed by atoms with E-state index in [1.807, 2.05) is 19.1 Å². The van der Waals surface area contributed by atoms with Gasteiger partial charge in [-0.2, -0.15) is 0 Å². The van der Waals surface area contributed by atoms with Crippen LogP contribution in [0.4, 0.5) is 0 Å². The third kappa shape index (κ3) is 37.2. The van der Waals surface area contributed by atoms with Gasteiger partial charge in [-0.25, -0.2) is 4.57 Å². The molecule has 54 heavy (non-hydrogen) atoms. The third-order valence-electron chi connectivity index (χ3n) is 7.62. The van der Waals surface area contributed by atoms with Gasteiger partial charge < -0.3 is 25.2 Å². The van der Waals surface area contributed by atoms with Crippen LogP contribution in [-0.2, 0) is 32.7 Å². The van der Waals surface area contributed by atoms with E-state index >= 15 is 0 Å². The molecule has 0 aromatic rings. The fraction of sp³-hybridized carbons (Fsp3) is 0.581. The van der Waals surface area contributed by atoms with Crippen LogP contribution in [0.3, 0.4) is 0 Å².